The van der Waals surface area contributed by atoms with Crippen molar-refractivity contribution in [2.75, 3.05) is 0 Å². The number of aliphatic carboxylic acids is 3. The summed E-state index contributed by atoms with van der Waals surface area (Å²) in [5, 5.41) is 43.5. The van der Waals surface area contributed by atoms with Gasteiger partial charge in [0.1, 0.15) is 0 Å². The molecular weight excluding hydrogens is 645 g/mol. The number of carboxylic acid groups (broad SMARTS) is 3. The summed E-state index contributed by atoms with van der Waals surface area (Å²) in [6, 6.07) is 0. The molecule has 0 amide bonds. The maximum Gasteiger partial charge on any atom is 1.00 e. The molecule has 5 aliphatic rings. The van der Waals surface area contributed by atoms with Crippen LogP contribution in [0.25, 0.3) is 0 Å². The normalized spacial score (nSPS) is 22.0. The van der Waals surface area contributed by atoms with Gasteiger partial charge in [-0.3, -0.25) is 9.59 Å². The third-order valence-electron chi connectivity index (χ3n) is 8.78. The molecule has 0 aromatic heterocycles. The molecule has 0 radical (unpaired) electrons. The number of carbonyl (C=O) groups is 3. The van der Waals surface area contributed by atoms with E-state index >= 15 is 0 Å². The van der Waals surface area contributed by atoms with E-state index in [-0.39, 0.29) is 124 Å². The number of fused-ring (bicyclic) bond motifs is 5. The Bertz CT molecular complexity index is 1830. The van der Waals surface area contributed by atoms with E-state index in [4.69, 9.17) is 15.0 Å². The average molecular weight is 680 g/mol. The molecule has 5 N–H and O–H groups in total. The van der Waals surface area contributed by atoms with Crippen molar-refractivity contribution in [2.45, 2.75) is 53.4 Å². The van der Waals surface area contributed by atoms with Crippen LogP contribution in [-0.4, -0.2) is 55.5 Å². The molecule has 1 fully saturated rings. The van der Waals surface area contributed by atoms with Gasteiger partial charge in [-0.1, -0.05) is 26.5 Å². The Labute approximate surface area is 345 Å². The van der Waals surface area contributed by atoms with E-state index in [0.29, 0.717) is 63.0 Å². The van der Waals surface area contributed by atoms with E-state index in [1.165, 1.54) is 0 Å². The van der Waals surface area contributed by atoms with Gasteiger partial charge < -0.3 is 25.7 Å². The summed E-state index contributed by atoms with van der Waals surface area (Å²) < 4.78 is 0. The van der Waals surface area contributed by atoms with Crippen LogP contribution in [-0.2, 0) is 14.4 Å². The third kappa shape index (κ3) is 7.85. The SMILES string of the molecule is C=CC1=C(C)C2=NC1=CC1=NC(=C(CC)/C1=C\O)C=C1N=C(C(CC(=O)O)=C3NC(=C2)[C@@H](C)[C@@H]3CCC(=O)O)C(C(=O)O)=C1C.[Na+].[Na+].[Na+]. The van der Waals surface area contributed by atoms with Crippen LogP contribution in [0.3, 0.4) is 0 Å². The maximum absolute atomic E-state index is 12.7. The first kappa shape index (κ1) is 41.8. The minimum absolute atomic E-state index is 0. The number of hydrogen-bond donors (Lipinski definition) is 5. The molecular formula is C34H34N4Na3O7+3. The average Bonchev–Trinajstić information content (AvgIpc) is 3.67. The van der Waals surface area contributed by atoms with Crippen LogP contribution in [0.5, 0.6) is 0 Å². The van der Waals surface area contributed by atoms with Crippen molar-refractivity contribution in [1.29, 1.82) is 0 Å². The first-order valence-electron chi connectivity index (χ1n) is 14.6. The van der Waals surface area contributed by atoms with E-state index in [1.807, 2.05) is 26.8 Å². The molecule has 0 aromatic carbocycles. The Hall–Kier alpha value is -2.32. The van der Waals surface area contributed by atoms with Crippen molar-refractivity contribution >= 4 is 35.0 Å². The number of rotatable bonds is 8. The molecule has 5 aliphatic heterocycles. The summed E-state index contributed by atoms with van der Waals surface area (Å²) in [4.78, 5) is 50.9. The fourth-order valence-corrected chi connectivity index (χ4v) is 6.43. The molecule has 1 saturated heterocycles. The number of aliphatic hydroxyl groups is 1. The Morgan fingerprint density at radius 1 is 0.917 bits per heavy atom. The minimum Gasteiger partial charge on any atom is -0.515 e. The molecule has 2 atom stereocenters. The number of aliphatic hydroxyl groups excluding tert-OH is 1. The number of allylic oxidation sites excluding steroid dienone is 10. The van der Waals surface area contributed by atoms with E-state index < -0.39 is 30.2 Å². The van der Waals surface area contributed by atoms with Gasteiger partial charge in [0.2, 0.25) is 0 Å². The van der Waals surface area contributed by atoms with Crippen LogP contribution in [0.1, 0.15) is 53.4 Å². The summed E-state index contributed by atoms with van der Waals surface area (Å²) >= 11 is 0. The van der Waals surface area contributed by atoms with Gasteiger partial charge in [-0.15, -0.1) is 0 Å². The standard InChI is InChI=1S/C34H34N4O7.3Na/c1-6-18-15(3)23-11-24-16(4)20(8-9-29(40)41)32(37-24)21(10-30(42)43)33-31(34(44)45)17(5)25(38-33)12-27-19(7-2)22(14-39)28(36-27)13-26(18)35-23;;;/h6,11-14,16,20,37,39H,1,7-10H2,2-5H3,(H,40,41)(H,42,43)(H,44,45);;;/q;3*+1/b22-14+,24-11?,25-12?,26-13?,32-21?;;;/t16-,20-;;;/m0.../s1. The van der Waals surface area contributed by atoms with Crippen LogP contribution in [0.15, 0.2) is 120 Å². The van der Waals surface area contributed by atoms with Gasteiger partial charge >= 0.3 is 107 Å². The van der Waals surface area contributed by atoms with Gasteiger partial charge in [-0.2, -0.15) is 0 Å². The molecule has 8 bridgehead atoms. The van der Waals surface area contributed by atoms with E-state index in [1.54, 1.807) is 25.2 Å². The Balaban J connectivity index is 0.00000267. The fourth-order valence-electron chi connectivity index (χ4n) is 6.43. The molecule has 48 heavy (non-hydrogen) atoms. The van der Waals surface area contributed by atoms with Crippen molar-refractivity contribution in [2.24, 2.45) is 26.8 Å². The summed E-state index contributed by atoms with van der Waals surface area (Å²) in [5.74, 6) is -4.21. The van der Waals surface area contributed by atoms with Crippen LogP contribution in [0.2, 0.25) is 0 Å². The zero-order chi connectivity index (χ0) is 32.7. The Kier molecular flexibility index (Phi) is 14.9. The first-order valence-corrected chi connectivity index (χ1v) is 14.6. The van der Waals surface area contributed by atoms with Crippen molar-refractivity contribution in [3.05, 3.63) is 105 Å². The largest absolute Gasteiger partial charge is 1.00 e. The Morgan fingerprint density at radius 3 is 2.17 bits per heavy atom. The molecule has 0 unspecified atom stereocenters. The van der Waals surface area contributed by atoms with Crippen LogP contribution in [0.4, 0.5) is 0 Å². The second-order valence-electron chi connectivity index (χ2n) is 11.3. The molecule has 11 nitrogen and oxygen atoms in total. The smallest absolute Gasteiger partial charge is 0.515 e. The van der Waals surface area contributed by atoms with Crippen molar-refractivity contribution in [3.8, 4) is 0 Å². The molecule has 0 aromatic rings. The molecule has 5 heterocycles. The zero-order valence-corrected chi connectivity index (χ0v) is 34.4. The van der Waals surface area contributed by atoms with Gasteiger partial charge in [0.05, 0.1) is 52.5 Å². The third-order valence-corrected chi connectivity index (χ3v) is 8.78. The summed E-state index contributed by atoms with van der Waals surface area (Å²) in [6.07, 6.45) is 7.92. The predicted octanol–water partition coefficient (Wildman–Crippen LogP) is -3.51. The number of carboxylic acids is 3. The molecule has 0 spiro atoms. The monoisotopic (exact) mass is 679 g/mol. The molecule has 232 valence electrons. The van der Waals surface area contributed by atoms with Crippen LogP contribution >= 0.6 is 0 Å². The zero-order valence-electron chi connectivity index (χ0n) is 28.4. The Morgan fingerprint density at radius 2 is 1.60 bits per heavy atom. The summed E-state index contributed by atoms with van der Waals surface area (Å²) in [7, 11) is 0. The number of hydrogen-bond acceptors (Lipinski definition) is 8. The summed E-state index contributed by atoms with van der Waals surface area (Å²) in [5.41, 5.74) is 6.73. The second-order valence-corrected chi connectivity index (χ2v) is 11.3. The van der Waals surface area contributed by atoms with Gasteiger partial charge in [-0.25, -0.2) is 19.8 Å². The minimum atomic E-state index is -1.27. The fraction of sp³-hybridized carbons (Fsp3) is 0.294. The van der Waals surface area contributed by atoms with Crippen molar-refractivity contribution in [3.63, 3.8) is 0 Å². The van der Waals surface area contributed by atoms with Gasteiger partial charge in [0, 0.05) is 46.4 Å². The van der Waals surface area contributed by atoms with E-state index in [2.05, 4.69) is 11.9 Å². The number of nitrogens with one attached hydrogen (secondary N) is 1. The molecule has 14 heteroatoms. The van der Waals surface area contributed by atoms with Gasteiger partial charge in [0.25, 0.3) is 0 Å². The first-order chi connectivity index (χ1) is 21.4. The van der Waals surface area contributed by atoms with E-state index in [9.17, 15) is 34.8 Å². The molecule has 0 saturated carbocycles. The number of aliphatic imine (C=N–C) groups is 3. The number of nitrogens with zero attached hydrogens (tertiary/aromatic N) is 3. The molecule has 0 aliphatic carbocycles. The van der Waals surface area contributed by atoms with Crippen molar-refractivity contribution < 1.29 is 123 Å². The van der Waals surface area contributed by atoms with Crippen LogP contribution in [0, 0.1) is 11.8 Å². The second kappa shape index (κ2) is 17.1. The maximum atomic E-state index is 12.7. The quantitative estimate of drug-likeness (QED) is 0.129. The topological polar surface area (TPSA) is 181 Å². The van der Waals surface area contributed by atoms with Crippen LogP contribution < -0.4 is 94.0 Å². The predicted molar refractivity (Wildman–Crippen MR) is 170 cm³/mol. The van der Waals surface area contributed by atoms with E-state index in [0.717, 1.165) is 17.4 Å². The van der Waals surface area contributed by atoms with Gasteiger partial charge in [0.15, 0.2) is 0 Å². The summed E-state index contributed by atoms with van der Waals surface area (Å²) in [6.45, 7) is 11.3. The van der Waals surface area contributed by atoms with Gasteiger partial charge in [-0.05, 0) is 61.6 Å². The van der Waals surface area contributed by atoms with Crippen molar-refractivity contribution in [1.82, 2.24) is 5.32 Å². The molecule has 5 rings (SSSR count).